The third kappa shape index (κ3) is 3.92. The smallest absolute Gasteiger partial charge is 0.326 e. The molecule has 0 spiro atoms. The molecular formula is C24H18ClFN4O2S. The van der Waals surface area contributed by atoms with Crippen molar-refractivity contribution in [2.75, 3.05) is 4.90 Å². The van der Waals surface area contributed by atoms with Gasteiger partial charge < -0.3 is 9.84 Å². The van der Waals surface area contributed by atoms with E-state index in [-0.39, 0.29) is 11.9 Å². The van der Waals surface area contributed by atoms with Crippen LogP contribution in [0.5, 0.6) is 0 Å². The molecule has 6 nitrogen and oxygen atoms in total. The molecule has 0 bridgehead atoms. The Hall–Kier alpha value is -3.49. The largest absolute Gasteiger partial charge is 0.334 e. The zero-order valence-corrected chi connectivity index (χ0v) is 19.2. The molecule has 0 radical (unpaired) electrons. The van der Waals surface area contributed by atoms with E-state index in [1.54, 1.807) is 25.1 Å². The van der Waals surface area contributed by atoms with Crippen LogP contribution in [0, 0.1) is 12.7 Å². The lowest BCUT2D eigenvalue weighted by atomic mass is 9.94. The van der Waals surface area contributed by atoms with Gasteiger partial charge in [0.2, 0.25) is 5.82 Å². The lowest BCUT2D eigenvalue weighted by Crippen LogP contribution is -2.46. The van der Waals surface area contributed by atoms with Gasteiger partial charge in [0.25, 0.3) is 5.89 Å². The molecule has 1 N–H and O–H groups in total. The second kappa shape index (κ2) is 8.46. The van der Waals surface area contributed by atoms with Crippen molar-refractivity contribution in [3.8, 4) is 10.7 Å². The number of nitrogens with one attached hydrogen (secondary N) is 1. The Morgan fingerprint density at radius 2 is 2.00 bits per heavy atom. The maximum atomic E-state index is 14.1. The van der Waals surface area contributed by atoms with Gasteiger partial charge in [-0.2, -0.15) is 4.98 Å². The summed E-state index contributed by atoms with van der Waals surface area (Å²) in [5.41, 5.74) is 3.21. The Labute approximate surface area is 198 Å². The molecule has 0 saturated heterocycles. The summed E-state index contributed by atoms with van der Waals surface area (Å²) in [6.07, 6.45) is 0. The van der Waals surface area contributed by atoms with E-state index in [1.807, 2.05) is 36.6 Å². The van der Waals surface area contributed by atoms with Gasteiger partial charge in [0.15, 0.2) is 0 Å². The van der Waals surface area contributed by atoms with Crippen LogP contribution in [-0.4, -0.2) is 16.2 Å². The number of hydrogen-bond donors (Lipinski definition) is 1. The van der Waals surface area contributed by atoms with Crippen molar-refractivity contribution in [1.29, 1.82) is 0 Å². The molecule has 4 aromatic rings. The van der Waals surface area contributed by atoms with E-state index in [1.165, 1.54) is 28.4 Å². The summed E-state index contributed by atoms with van der Waals surface area (Å²) in [6.45, 7) is 3.68. The molecule has 1 atom stereocenters. The van der Waals surface area contributed by atoms with Crippen molar-refractivity contribution in [2.45, 2.75) is 19.9 Å². The van der Waals surface area contributed by atoms with E-state index in [9.17, 15) is 9.18 Å². The van der Waals surface area contributed by atoms with Crippen molar-refractivity contribution >= 4 is 40.2 Å². The van der Waals surface area contributed by atoms with Crippen LogP contribution in [0.2, 0.25) is 5.02 Å². The molecule has 0 aliphatic carbocycles. The molecule has 33 heavy (non-hydrogen) atoms. The first kappa shape index (κ1) is 21.4. The minimum absolute atomic E-state index is 0.244. The minimum Gasteiger partial charge on any atom is -0.334 e. The third-order valence-electron chi connectivity index (χ3n) is 5.48. The Kier molecular flexibility index (Phi) is 5.47. The number of urea groups is 1. The number of carbonyl (C=O) groups is 1. The van der Waals surface area contributed by atoms with Crippen LogP contribution in [0.15, 0.2) is 70.2 Å². The van der Waals surface area contributed by atoms with Crippen molar-refractivity contribution in [3.63, 3.8) is 0 Å². The topological polar surface area (TPSA) is 71.3 Å². The van der Waals surface area contributed by atoms with Gasteiger partial charge in [0.1, 0.15) is 5.82 Å². The molecule has 0 saturated carbocycles. The molecule has 166 valence electrons. The van der Waals surface area contributed by atoms with E-state index in [0.29, 0.717) is 33.4 Å². The fraction of sp³-hybridized carbons (Fsp3) is 0.125. The lowest BCUT2D eigenvalue weighted by molar-refractivity contribution is 0.244. The first-order valence-electron chi connectivity index (χ1n) is 10.1. The zero-order chi connectivity index (χ0) is 23.1. The molecule has 1 aliphatic rings. The maximum absolute atomic E-state index is 14.1. The summed E-state index contributed by atoms with van der Waals surface area (Å²) in [5.74, 6) is 0.282. The summed E-state index contributed by atoms with van der Waals surface area (Å²) in [5, 5.41) is 9.55. The molecule has 9 heteroatoms. The molecule has 1 unspecified atom stereocenters. The van der Waals surface area contributed by atoms with Crippen molar-refractivity contribution in [3.05, 3.63) is 93.5 Å². The quantitative estimate of drug-likeness (QED) is 0.357. The molecule has 2 aromatic heterocycles. The number of amides is 2. The second-order valence-corrected chi connectivity index (χ2v) is 8.96. The van der Waals surface area contributed by atoms with Crippen LogP contribution >= 0.6 is 22.9 Å². The number of thiophene rings is 1. The first-order valence-corrected chi connectivity index (χ1v) is 11.4. The normalized spacial score (nSPS) is 16.3. The third-order valence-corrected chi connectivity index (χ3v) is 6.75. The Bertz CT molecular complexity index is 1380. The first-order chi connectivity index (χ1) is 15.9. The molecule has 3 heterocycles. The van der Waals surface area contributed by atoms with Crippen molar-refractivity contribution < 1.29 is 13.7 Å². The number of nitrogens with zero attached hydrogens (tertiary/aromatic N) is 3. The summed E-state index contributed by atoms with van der Waals surface area (Å²) < 4.78 is 19.7. The van der Waals surface area contributed by atoms with Gasteiger partial charge in [-0.15, -0.1) is 11.3 Å². The van der Waals surface area contributed by atoms with Gasteiger partial charge in [-0.1, -0.05) is 41.0 Å². The van der Waals surface area contributed by atoms with Crippen molar-refractivity contribution in [1.82, 2.24) is 15.5 Å². The highest BCUT2D eigenvalue weighted by Crippen LogP contribution is 2.40. The van der Waals surface area contributed by atoms with Crippen LogP contribution in [0.25, 0.3) is 16.3 Å². The van der Waals surface area contributed by atoms with E-state index in [0.717, 1.165) is 10.4 Å². The monoisotopic (exact) mass is 480 g/mol. The van der Waals surface area contributed by atoms with Gasteiger partial charge in [-0.05, 0) is 60.7 Å². The number of halogens is 2. The van der Waals surface area contributed by atoms with Crippen LogP contribution in [0.3, 0.4) is 0 Å². The highest BCUT2D eigenvalue weighted by atomic mass is 35.5. The molecular weight excluding hydrogens is 463 g/mol. The Morgan fingerprint density at radius 3 is 2.73 bits per heavy atom. The molecule has 1 aliphatic heterocycles. The fourth-order valence-corrected chi connectivity index (χ4v) is 4.65. The number of anilines is 1. The van der Waals surface area contributed by atoms with Crippen LogP contribution in [-0.2, 0) is 0 Å². The standard InChI is InChI=1S/C24H18ClFN4O2S/c1-13-8-9-17(12-18(13)25)30-14(2)20(23-28-22(29-32-23)19-7-4-10-33-19)21(27-24(30)31)15-5-3-6-16(26)11-15/h3-12,21H,1-2H3,(H,27,31). The van der Waals surface area contributed by atoms with E-state index < -0.39 is 11.9 Å². The van der Waals surface area contributed by atoms with Gasteiger partial charge in [0, 0.05) is 10.7 Å². The SMILES string of the molecule is CC1=C(c2nc(-c3cccs3)no2)C(c2cccc(F)c2)NC(=O)N1c1ccc(C)c(Cl)c1. The van der Waals surface area contributed by atoms with Crippen LogP contribution < -0.4 is 10.2 Å². The highest BCUT2D eigenvalue weighted by Gasteiger charge is 2.36. The molecule has 5 rings (SSSR count). The number of aryl methyl sites for hydroxylation is 1. The predicted molar refractivity (Wildman–Crippen MR) is 127 cm³/mol. The highest BCUT2D eigenvalue weighted by molar-refractivity contribution is 7.13. The number of benzene rings is 2. The summed E-state index contributed by atoms with van der Waals surface area (Å²) in [6, 6.07) is 14.2. The average Bonchev–Trinajstić information content (AvgIpc) is 3.48. The number of allylic oxidation sites excluding steroid dienone is 1. The number of hydrogen-bond acceptors (Lipinski definition) is 5. The number of aromatic nitrogens is 2. The summed E-state index contributed by atoms with van der Waals surface area (Å²) in [7, 11) is 0. The molecule has 2 amide bonds. The van der Waals surface area contributed by atoms with Gasteiger partial charge in [0.05, 0.1) is 22.2 Å². The zero-order valence-electron chi connectivity index (χ0n) is 17.7. The number of carbonyl (C=O) groups excluding carboxylic acids is 1. The van der Waals surface area contributed by atoms with Crippen LogP contribution in [0.4, 0.5) is 14.9 Å². The van der Waals surface area contributed by atoms with E-state index >= 15 is 0 Å². The van der Waals surface area contributed by atoms with Crippen molar-refractivity contribution in [2.24, 2.45) is 0 Å². The molecule has 0 fully saturated rings. The minimum atomic E-state index is -0.679. The predicted octanol–water partition coefficient (Wildman–Crippen LogP) is 6.60. The summed E-state index contributed by atoms with van der Waals surface area (Å²) >= 11 is 7.82. The number of rotatable bonds is 4. The van der Waals surface area contributed by atoms with E-state index in [4.69, 9.17) is 16.1 Å². The van der Waals surface area contributed by atoms with Gasteiger partial charge in [-0.25, -0.2) is 9.18 Å². The lowest BCUT2D eigenvalue weighted by Gasteiger charge is -2.35. The van der Waals surface area contributed by atoms with Gasteiger partial charge >= 0.3 is 6.03 Å². The second-order valence-electron chi connectivity index (χ2n) is 7.61. The van der Waals surface area contributed by atoms with Gasteiger partial charge in [-0.3, -0.25) is 4.90 Å². The average molecular weight is 481 g/mol. The fourth-order valence-electron chi connectivity index (χ4n) is 3.83. The van der Waals surface area contributed by atoms with Crippen LogP contribution in [0.1, 0.15) is 30.0 Å². The maximum Gasteiger partial charge on any atom is 0.326 e. The summed E-state index contributed by atoms with van der Waals surface area (Å²) in [4.78, 5) is 20.2. The molecule has 2 aromatic carbocycles. The Balaban J connectivity index is 1.68. The van der Waals surface area contributed by atoms with E-state index in [2.05, 4.69) is 15.5 Å². The Morgan fingerprint density at radius 1 is 1.15 bits per heavy atom.